The van der Waals surface area contributed by atoms with Crippen molar-refractivity contribution in [3.05, 3.63) is 53.9 Å². The van der Waals surface area contributed by atoms with Gasteiger partial charge in [0.1, 0.15) is 0 Å². The third kappa shape index (κ3) is 3.99. The first-order valence-electron chi connectivity index (χ1n) is 9.52. The minimum Gasteiger partial charge on any atom is -0.252 e. The number of aryl methyl sites for hydroxylation is 1. The van der Waals surface area contributed by atoms with Crippen molar-refractivity contribution < 1.29 is 34.8 Å². The monoisotopic (exact) mass is 504 g/mol. The minimum absolute atomic E-state index is 0.00958. The molecule has 0 aliphatic rings. The summed E-state index contributed by atoms with van der Waals surface area (Å²) < 4.78 is 108. The van der Waals surface area contributed by atoms with Gasteiger partial charge in [0.25, 0.3) is 0 Å². The lowest BCUT2D eigenvalue weighted by molar-refractivity contribution is -0.141. The maximum absolute atomic E-state index is 13.8. The normalized spacial score (nSPS) is 13.1. The van der Waals surface area contributed by atoms with Crippen molar-refractivity contribution in [3.63, 3.8) is 0 Å². The van der Waals surface area contributed by atoms with Crippen molar-refractivity contribution in [1.82, 2.24) is 29.4 Å². The quantitative estimate of drug-likeness (QED) is 0.388. The first-order valence-corrected chi connectivity index (χ1v) is 11.2. The Hall–Kier alpha value is -3.49. The van der Waals surface area contributed by atoms with Crippen molar-refractivity contribution in [2.75, 3.05) is 5.75 Å². The van der Waals surface area contributed by atoms with E-state index in [0.29, 0.717) is 0 Å². The highest BCUT2D eigenvalue weighted by atomic mass is 32.2. The molecule has 4 heterocycles. The van der Waals surface area contributed by atoms with Crippen LogP contribution in [0.25, 0.3) is 22.6 Å². The zero-order valence-corrected chi connectivity index (χ0v) is 18.2. The van der Waals surface area contributed by atoms with Gasteiger partial charge in [0, 0.05) is 18.1 Å². The van der Waals surface area contributed by atoms with E-state index >= 15 is 0 Å². The highest BCUT2D eigenvalue weighted by Crippen LogP contribution is 2.40. The highest BCUT2D eigenvalue weighted by molar-refractivity contribution is 7.91. The van der Waals surface area contributed by atoms with E-state index in [1.807, 2.05) is 0 Å². The van der Waals surface area contributed by atoms with E-state index in [2.05, 4.69) is 20.2 Å². The van der Waals surface area contributed by atoms with Gasteiger partial charge in [0.2, 0.25) is 0 Å². The molecular formula is C19H14F6N6O2S. The number of hydrogen-bond acceptors (Lipinski definition) is 6. The lowest BCUT2D eigenvalue weighted by Crippen LogP contribution is -2.13. The predicted octanol–water partition coefficient (Wildman–Crippen LogP) is 4.12. The fourth-order valence-corrected chi connectivity index (χ4v) is 4.37. The Balaban J connectivity index is 2.03. The Labute approximate surface area is 187 Å². The van der Waals surface area contributed by atoms with E-state index in [4.69, 9.17) is 0 Å². The smallest absolute Gasteiger partial charge is 0.252 e. The van der Waals surface area contributed by atoms with E-state index in [-0.39, 0.29) is 17.0 Å². The van der Waals surface area contributed by atoms with Crippen molar-refractivity contribution in [1.29, 1.82) is 0 Å². The van der Waals surface area contributed by atoms with Gasteiger partial charge in [-0.05, 0) is 25.1 Å². The number of pyridine rings is 1. The van der Waals surface area contributed by atoms with Crippen LogP contribution < -0.4 is 0 Å². The van der Waals surface area contributed by atoms with Gasteiger partial charge in [0.15, 0.2) is 26.9 Å². The largest absolute Gasteiger partial charge is 0.435 e. The molecule has 0 aliphatic carbocycles. The van der Waals surface area contributed by atoms with Gasteiger partial charge in [-0.25, -0.2) is 22.6 Å². The summed E-state index contributed by atoms with van der Waals surface area (Å²) in [6, 6.07) is 3.02. The molecule has 0 atom stereocenters. The number of fused-ring (bicyclic) bond motifs is 1. The first-order chi connectivity index (χ1) is 15.7. The van der Waals surface area contributed by atoms with Crippen LogP contribution in [0.1, 0.15) is 24.0 Å². The van der Waals surface area contributed by atoms with Crippen molar-refractivity contribution in [2.45, 2.75) is 31.1 Å². The summed E-state index contributed by atoms with van der Waals surface area (Å²) in [7, 11) is -4.21. The second-order valence-electron chi connectivity index (χ2n) is 7.13. The summed E-state index contributed by atoms with van der Waals surface area (Å²) >= 11 is 0. The second-order valence-corrected chi connectivity index (χ2v) is 9.38. The molecule has 4 aromatic rings. The first kappa shape index (κ1) is 23.7. The van der Waals surface area contributed by atoms with Crippen LogP contribution in [-0.4, -0.2) is 43.5 Å². The number of nitrogens with zero attached hydrogens (tertiary/aromatic N) is 6. The van der Waals surface area contributed by atoms with E-state index in [1.54, 1.807) is 0 Å². The molecule has 0 amide bonds. The minimum atomic E-state index is -4.98. The standard InChI is InChI=1S/C19H14F6N6O2S/c1-3-34(32,33)12-8-11(31-10(2)7-13(28-31)18(20,21)22)9-27-15(12)14-16(19(23,24)25)29-30-6-4-5-26-17(14)30/h4-9H,3H2,1-2H3. The number of rotatable bonds is 4. The molecule has 4 aromatic heterocycles. The summed E-state index contributed by atoms with van der Waals surface area (Å²) in [5.74, 6) is -0.509. The van der Waals surface area contributed by atoms with E-state index < -0.39 is 55.5 Å². The number of hydrogen-bond donors (Lipinski definition) is 0. The molecule has 4 rings (SSSR count). The Morgan fingerprint density at radius 2 is 1.71 bits per heavy atom. The van der Waals surface area contributed by atoms with Crippen molar-refractivity contribution in [3.8, 4) is 16.9 Å². The molecular weight excluding hydrogens is 490 g/mol. The molecule has 0 N–H and O–H groups in total. The van der Waals surface area contributed by atoms with Gasteiger partial charge in [-0.1, -0.05) is 6.92 Å². The molecule has 0 saturated heterocycles. The summed E-state index contributed by atoms with van der Waals surface area (Å²) in [5, 5.41) is 6.93. The maximum atomic E-state index is 13.8. The molecule has 0 fully saturated rings. The average molecular weight is 504 g/mol. The lowest BCUT2D eigenvalue weighted by Gasteiger charge is -2.13. The second kappa shape index (κ2) is 7.78. The highest BCUT2D eigenvalue weighted by Gasteiger charge is 2.41. The molecule has 0 radical (unpaired) electrons. The van der Waals surface area contributed by atoms with Gasteiger partial charge < -0.3 is 0 Å². The number of alkyl halides is 6. The Morgan fingerprint density at radius 3 is 2.29 bits per heavy atom. The molecule has 34 heavy (non-hydrogen) atoms. The van der Waals surface area contributed by atoms with Crippen LogP contribution in [0.3, 0.4) is 0 Å². The lowest BCUT2D eigenvalue weighted by atomic mass is 10.1. The third-order valence-electron chi connectivity index (χ3n) is 4.88. The van der Waals surface area contributed by atoms with E-state index in [1.165, 1.54) is 32.3 Å². The van der Waals surface area contributed by atoms with Crippen molar-refractivity contribution >= 4 is 15.5 Å². The molecule has 0 aromatic carbocycles. The molecule has 8 nitrogen and oxygen atoms in total. The molecule has 0 unspecified atom stereocenters. The summed E-state index contributed by atoms with van der Waals surface area (Å²) in [6.45, 7) is 2.58. The zero-order chi connectivity index (χ0) is 25.1. The van der Waals surface area contributed by atoms with Gasteiger partial charge >= 0.3 is 12.4 Å². The van der Waals surface area contributed by atoms with Crippen LogP contribution in [-0.2, 0) is 22.2 Å². The van der Waals surface area contributed by atoms with Crippen LogP contribution in [0, 0.1) is 6.92 Å². The van der Waals surface area contributed by atoms with Crippen LogP contribution in [0.15, 0.2) is 41.7 Å². The van der Waals surface area contributed by atoms with Gasteiger partial charge in [0.05, 0.1) is 33.8 Å². The fraction of sp³-hybridized carbons (Fsp3) is 0.263. The Bertz CT molecular complexity index is 1500. The van der Waals surface area contributed by atoms with Crippen LogP contribution in [0.5, 0.6) is 0 Å². The summed E-state index contributed by atoms with van der Waals surface area (Å²) in [4.78, 5) is 7.20. The zero-order valence-electron chi connectivity index (χ0n) is 17.3. The number of sulfone groups is 1. The average Bonchev–Trinajstić information content (AvgIpc) is 3.34. The maximum Gasteiger partial charge on any atom is 0.435 e. The SMILES string of the molecule is CCS(=O)(=O)c1cc(-n2nc(C(F)(F)F)cc2C)cnc1-c1c(C(F)(F)F)nn2cccnc12. The van der Waals surface area contributed by atoms with Gasteiger partial charge in [-0.2, -0.15) is 36.5 Å². The Kier molecular flexibility index (Phi) is 5.42. The summed E-state index contributed by atoms with van der Waals surface area (Å²) in [5.41, 5.74) is -4.34. The molecule has 0 saturated carbocycles. The molecule has 0 spiro atoms. The summed E-state index contributed by atoms with van der Waals surface area (Å²) in [6.07, 6.45) is -6.39. The van der Waals surface area contributed by atoms with E-state index in [9.17, 15) is 34.8 Å². The van der Waals surface area contributed by atoms with Gasteiger partial charge in [-0.15, -0.1) is 0 Å². The van der Waals surface area contributed by atoms with Crippen LogP contribution in [0.4, 0.5) is 26.3 Å². The Morgan fingerprint density at radius 1 is 1.00 bits per heavy atom. The van der Waals surface area contributed by atoms with E-state index in [0.717, 1.165) is 27.5 Å². The number of aromatic nitrogens is 6. The third-order valence-corrected chi connectivity index (χ3v) is 6.62. The molecule has 15 heteroatoms. The number of halogens is 6. The molecule has 0 bridgehead atoms. The van der Waals surface area contributed by atoms with Crippen LogP contribution >= 0.6 is 0 Å². The van der Waals surface area contributed by atoms with Crippen LogP contribution in [0.2, 0.25) is 0 Å². The fourth-order valence-electron chi connectivity index (χ4n) is 3.31. The van der Waals surface area contributed by atoms with Gasteiger partial charge in [-0.3, -0.25) is 4.98 Å². The molecule has 180 valence electrons. The topological polar surface area (TPSA) is 95.0 Å². The molecule has 0 aliphatic heterocycles. The van der Waals surface area contributed by atoms with Crippen molar-refractivity contribution in [2.24, 2.45) is 0 Å². The predicted molar refractivity (Wildman–Crippen MR) is 106 cm³/mol.